The summed E-state index contributed by atoms with van der Waals surface area (Å²) >= 11 is 0. The molecule has 0 bridgehead atoms. The highest BCUT2D eigenvalue weighted by Crippen LogP contribution is 2.63. The van der Waals surface area contributed by atoms with Crippen LogP contribution in [-0.2, 0) is 4.74 Å². The van der Waals surface area contributed by atoms with E-state index in [1.54, 1.807) is 0 Å². The van der Waals surface area contributed by atoms with Gasteiger partial charge in [-0.15, -0.1) is 0 Å². The minimum Gasteiger partial charge on any atom is -0.372 e. The topological polar surface area (TPSA) is 9.23 Å². The van der Waals surface area contributed by atoms with Gasteiger partial charge in [0.2, 0.25) is 0 Å². The normalized spacial score (nSPS) is 16.0. The van der Waals surface area contributed by atoms with E-state index in [0.717, 1.165) is 19.8 Å². The smallest absolute Gasteiger partial charge is 0.372 e. The van der Waals surface area contributed by atoms with Gasteiger partial charge in [-0.3, -0.25) is 0 Å². The van der Waals surface area contributed by atoms with E-state index < -0.39 is 86.0 Å². The van der Waals surface area contributed by atoms with Crippen LogP contribution >= 0.6 is 0 Å². The number of unbranched alkanes of at least 4 members (excludes halogenated alkanes) is 6. The van der Waals surface area contributed by atoms with Crippen molar-refractivity contribution in [2.75, 3.05) is 6.61 Å². The van der Waals surface area contributed by atoms with Crippen molar-refractivity contribution in [2.45, 2.75) is 132 Å². The Bertz CT molecular complexity index is 761. The van der Waals surface area contributed by atoms with Gasteiger partial charge < -0.3 is 4.74 Å². The maximum Gasteiger partial charge on any atom is 0.389 e. The molecule has 0 heterocycles. The maximum atomic E-state index is 14.5. The first-order valence-corrected chi connectivity index (χ1v) is 12.1. The van der Waals surface area contributed by atoms with Crippen LogP contribution in [0, 0.1) is 0 Å². The highest BCUT2D eigenvalue weighted by Gasteiger charge is 2.93. The zero-order valence-corrected chi connectivity index (χ0v) is 21.2. The van der Waals surface area contributed by atoms with Gasteiger partial charge >= 0.3 is 47.6 Å². The zero-order valence-electron chi connectivity index (χ0n) is 21.2. The molecule has 0 fully saturated rings. The van der Waals surface area contributed by atoms with Crippen LogP contribution in [0.3, 0.4) is 0 Å². The van der Waals surface area contributed by atoms with Crippen LogP contribution < -0.4 is 0 Å². The molecule has 242 valence electrons. The van der Waals surface area contributed by atoms with Gasteiger partial charge in [0.25, 0.3) is 0 Å². The van der Waals surface area contributed by atoms with Gasteiger partial charge in [-0.1, -0.05) is 51.9 Å². The van der Waals surface area contributed by atoms with Gasteiger partial charge in [0, 0.05) is 19.4 Å². The molecule has 18 heteroatoms. The molecule has 0 aromatic heterocycles. The standard InChI is InChI=1S/C22H29F17O/c1-3-5-6-7-8-9-10-11-14(40-4-2)17(28,29)19(32,33)21(36,37)22(38,39)20(34,35)18(30,31)15(23,24)12-13-16(25,26)27/h14H,3-13H2,1-2H3. The summed E-state index contributed by atoms with van der Waals surface area (Å²) in [6.45, 7) is 1.84. The molecule has 40 heavy (non-hydrogen) atoms. The lowest BCUT2D eigenvalue weighted by molar-refractivity contribution is -0.446. The summed E-state index contributed by atoms with van der Waals surface area (Å²) in [5.41, 5.74) is 0. The highest BCUT2D eigenvalue weighted by atomic mass is 19.4. The summed E-state index contributed by atoms with van der Waals surface area (Å²) in [5.74, 6) is -53.4. The Balaban J connectivity index is 6.22. The molecule has 0 radical (unpaired) electrons. The van der Waals surface area contributed by atoms with Crippen LogP contribution in [-0.4, -0.2) is 60.3 Å². The molecule has 0 aliphatic heterocycles. The van der Waals surface area contributed by atoms with Crippen molar-refractivity contribution in [1.29, 1.82) is 0 Å². The van der Waals surface area contributed by atoms with Gasteiger partial charge in [0.1, 0.15) is 6.10 Å². The van der Waals surface area contributed by atoms with E-state index in [1.165, 1.54) is 0 Å². The third-order valence-electron chi connectivity index (χ3n) is 6.02. The van der Waals surface area contributed by atoms with Crippen LogP contribution in [0.1, 0.15) is 78.1 Å². The molecule has 1 unspecified atom stereocenters. The second-order valence-electron chi connectivity index (χ2n) is 9.17. The van der Waals surface area contributed by atoms with Gasteiger partial charge in [0.05, 0.1) is 0 Å². The van der Waals surface area contributed by atoms with Crippen LogP contribution in [0.2, 0.25) is 0 Å². The van der Waals surface area contributed by atoms with Crippen LogP contribution in [0.25, 0.3) is 0 Å². The molecule has 0 spiro atoms. The molecule has 0 amide bonds. The average Bonchev–Trinajstić information content (AvgIpc) is 2.80. The molecular weight excluding hydrogens is 603 g/mol. The first-order chi connectivity index (χ1) is 17.7. The number of halogens is 17. The number of rotatable bonds is 19. The largest absolute Gasteiger partial charge is 0.389 e. The molecule has 0 aromatic rings. The summed E-state index contributed by atoms with van der Waals surface area (Å²) in [7, 11) is 0. The fourth-order valence-corrected chi connectivity index (χ4v) is 3.55. The summed E-state index contributed by atoms with van der Waals surface area (Å²) in [5, 5.41) is 0. The first-order valence-electron chi connectivity index (χ1n) is 12.1. The van der Waals surface area contributed by atoms with Crippen molar-refractivity contribution in [1.82, 2.24) is 0 Å². The third-order valence-corrected chi connectivity index (χ3v) is 6.02. The molecule has 0 rings (SSSR count). The van der Waals surface area contributed by atoms with E-state index in [0.29, 0.717) is 19.3 Å². The summed E-state index contributed by atoms with van der Waals surface area (Å²) < 4.78 is 237. The summed E-state index contributed by atoms with van der Waals surface area (Å²) in [4.78, 5) is 0. The Kier molecular flexibility index (Phi) is 13.0. The summed E-state index contributed by atoms with van der Waals surface area (Å²) in [6, 6.07) is 0. The SMILES string of the molecule is CCCCCCCCCC(OCC)C(F)(F)C(F)(F)C(F)(F)C(F)(F)C(F)(F)C(F)(F)C(F)(F)CCC(F)(F)F. The van der Waals surface area contributed by atoms with Crippen LogP contribution in [0.15, 0.2) is 0 Å². The van der Waals surface area contributed by atoms with Crippen molar-refractivity contribution >= 4 is 0 Å². The quantitative estimate of drug-likeness (QED) is 0.102. The zero-order chi connectivity index (χ0) is 32.1. The maximum absolute atomic E-state index is 14.5. The molecule has 1 atom stereocenters. The molecule has 1 nitrogen and oxygen atoms in total. The minimum atomic E-state index is -8.34. The first kappa shape index (κ1) is 38.8. The van der Waals surface area contributed by atoms with Gasteiger partial charge in [-0.05, 0) is 13.3 Å². The van der Waals surface area contributed by atoms with E-state index in [-0.39, 0.29) is 6.42 Å². The molecule has 0 saturated carbocycles. The molecule has 0 aliphatic rings. The lowest BCUT2D eigenvalue weighted by Gasteiger charge is -2.44. The minimum absolute atomic E-state index is 0.0405. The number of hydrogen-bond acceptors (Lipinski definition) is 1. The van der Waals surface area contributed by atoms with E-state index in [1.807, 2.05) is 6.92 Å². The van der Waals surface area contributed by atoms with Crippen molar-refractivity contribution in [3.63, 3.8) is 0 Å². The molecule has 0 saturated heterocycles. The number of alkyl halides is 17. The van der Waals surface area contributed by atoms with Crippen molar-refractivity contribution < 1.29 is 79.4 Å². The summed E-state index contributed by atoms with van der Waals surface area (Å²) in [6.07, 6.45) is -13.8. The highest BCUT2D eigenvalue weighted by molar-refractivity contribution is 5.15. The fourth-order valence-electron chi connectivity index (χ4n) is 3.55. The van der Waals surface area contributed by atoms with Gasteiger partial charge in [0.15, 0.2) is 0 Å². The Morgan fingerprint density at radius 3 is 1.30 bits per heavy atom. The molecule has 0 aliphatic carbocycles. The average molecular weight is 632 g/mol. The fraction of sp³-hybridized carbons (Fsp3) is 1.00. The van der Waals surface area contributed by atoms with E-state index in [9.17, 15) is 74.6 Å². The lowest BCUT2D eigenvalue weighted by atomic mass is 9.86. The Hall–Kier alpha value is -1.23. The monoisotopic (exact) mass is 632 g/mol. The van der Waals surface area contributed by atoms with Crippen molar-refractivity contribution in [3.05, 3.63) is 0 Å². The lowest BCUT2D eigenvalue weighted by Crippen LogP contribution is -2.74. The van der Waals surface area contributed by atoms with Crippen LogP contribution in [0.5, 0.6) is 0 Å². The Labute approximate surface area is 218 Å². The number of hydrogen-bond donors (Lipinski definition) is 0. The van der Waals surface area contributed by atoms with Gasteiger partial charge in [-0.25, -0.2) is 0 Å². The Morgan fingerprint density at radius 2 is 0.875 bits per heavy atom. The van der Waals surface area contributed by atoms with Crippen molar-refractivity contribution in [2.24, 2.45) is 0 Å². The van der Waals surface area contributed by atoms with Crippen LogP contribution in [0.4, 0.5) is 74.6 Å². The number of ether oxygens (including phenoxy) is 1. The third kappa shape index (κ3) is 7.78. The Morgan fingerprint density at radius 1 is 0.475 bits per heavy atom. The predicted molar refractivity (Wildman–Crippen MR) is 108 cm³/mol. The molecule has 0 N–H and O–H groups in total. The van der Waals surface area contributed by atoms with Gasteiger partial charge in [-0.2, -0.15) is 74.6 Å². The molecule has 0 aromatic carbocycles. The predicted octanol–water partition coefficient (Wildman–Crippen LogP) is 10.3. The second kappa shape index (κ2) is 13.4. The molecular formula is C22H29F17O. The second-order valence-corrected chi connectivity index (χ2v) is 9.17. The van der Waals surface area contributed by atoms with E-state index in [4.69, 9.17) is 0 Å². The van der Waals surface area contributed by atoms with E-state index in [2.05, 4.69) is 4.74 Å². The van der Waals surface area contributed by atoms with E-state index >= 15 is 0 Å². The van der Waals surface area contributed by atoms with Crippen molar-refractivity contribution in [3.8, 4) is 0 Å².